The predicted octanol–water partition coefficient (Wildman–Crippen LogP) is 3.13. The van der Waals surface area contributed by atoms with Gasteiger partial charge in [0, 0.05) is 12.2 Å². The fourth-order valence-electron chi connectivity index (χ4n) is 3.45. The van der Waals surface area contributed by atoms with E-state index in [1.165, 1.54) is 11.5 Å². The van der Waals surface area contributed by atoms with E-state index in [-0.39, 0.29) is 11.6 Å². The summed E-state index contributed by atoms with van der Waals surface area (Å²) in [5.41, 5.74) is 3.95. The standard InChI is InChI=1S/C14H21ClN2O2S/c15-13-11(2-5-18-13)12(17-16)10-1-6-19-14(9-10)3-7-20-8-4-14/h2,5,10,12,17H,1,3-4,6-9,16H2. The van der Waals surface area contributed by atoms with Gasteiger partial charge in [-0.1, -0.05) is 0 Å². The summed E-state index contributed by atoms with van der Waals surface area (Å²) in [6.07, 6.45) is 5.96. The minimum atomic E-state index is 0.0385. The summed E-state index contributed by atoms with van der Waals surface area (Å²) in [7, 11) is 0. The molecule has 0 saturated carbocycles. The Morgan fingerprint density at radius 3 is 2.90 bits per heavy atom. The van der Waals surface area contributed by atoms with Gasteiger partial charge in [0.05, 0.1) is 17.9 Å². The van der Waals surface area contributed by atoms with Crippen molar-refractivity contribution < 1.29 is 9.15 Å². The second-order valence-electron chi connectivity index (χ2n) is 5.69. The molecule has 1 spiro atoms. The third kappa shape index (κ3) is 2.88. The lowest BCUT2D eigenvalue weighted by atomic mass is 9.77. The number of hydrazine groups is 1. The first-order valence-electron chi connectivity index (χ1n) is 7.15. The van der Waals surface area contributed by atoms with E-state index in [1.54, 1.807) is 6.26 Å². The van der Waals surface area contributed by atoms with E-state index in [0.29, 0.717) is 11.1 Å². The molecule has 2 saturated heterocycles. The molecule has 3 heterocycles. The Hall–Kier alpha value is -0.200. The zero-order chi connectivity index (χ0) is 14.0. The number of hydrogen-bond acceptors (Lipinski definition) is 5. The van der Waals surface area contributed by atoms with E-state index in [4.69, 9.17) is 26.6 Å². The highest BCUT2D eigenvalue weighted by Gasteiger charge is 2.41. The topological polar surface area (TPSA) is 60.4 Å². The van der Waals surface area contributed by atoms with Crippen molar-refractivity contribution in [3.05, 3.63) is 23.1 Å². The Labute approximate surface area is 128 Å². The van der Waals surface area contributed by atoms with Gasteiger partial charge in [-0.3, -0.25) is 11.3 Å². The third-order valence-electron chi connectivity index (χ3n) is 4.57. The van der Waals surface area contributed by atoms with E-state index >= 15 is 0 Å². The number of halogens is 1. The van der Waals surface area contributed by atoms with Crippen molar-refractivity contribution in [3.8, 4) is 0 Å². The Balaban J connectivity index is 1.76. The van der Waals surface area contributed by atoms with Crippen LogP contribution in [0.15, 0.2) is 16.7 Å². The lowest BCUT2D eigenvalue weighted by molar-refractivity contribution is -0.107. The van der Waals surface area contributed by atoms with Crippen molar-refractivity contribution in [1.29, 1.82) is 0 Å². The minimum absolute atomic E-state index is 0.0385. The summed E-state index contributed by atoms with van der Waals surface area (Å²) < 4.78 is 11.4. The smallest absolute Gasteiger partial charge is 0.197 e. The molecule has 0 radical (unpaired) electrons. The molecule has 2 atom stereocenters. The van der Waals surface area contributed by atoms with Gasteiger partial charge in [-0.15, -0.1) is 0 Å². The molecule has 6 heteroatoms. The van der Waals surface area contributed by atoms with Gasteiger partial charge in [-0.25, -0.2) is 0 Å². The van der Waals surface area contributed by atoms with Gasteiger partial charge in [-0.2, -0.15) is 11.8 Å². The molecule has 20 heavy (non-hydrogen) atoms. The summed E-state index contributed by atoms with van der Waals surface area (Å²) in [4.78, 5) is 0. The molecule has 2 unspecified atom stereocenters. The Morgan fingerprint density at radius 2 is 2.25 bits per heavy atom. The number of furan rings is 1. The Morgan fingerprint density at radius 1 is 1.45 bits per heavy atom. The van der Waals surface area contributed by atoms with Crippen molar-refractivity contribution in [2.45, 2.75) is 37.3 Å². The van der Waals surface area contributed by atoms with E-state index in [2.05, 4.69) is 5.43 Å². The lowest BCUT2D eigenvalue weighted by Gasteiger charge is -2.45. The summed E-state index contributed by atoms with van der Waals surface area (Å²) >= 11 is 8.13. The first-order valence-corrected chi connectivity index (χ1v) is 8.68. The van der Waals surface area contributed by atoms with Crippen LogP contribution in [0.25, 0.3) is 0 Å². The molecule has 3 N–H and O–H groups in total. The first kappa shape index (κ1) is 14.7. The maximum Gasteiger partial charge on any atom is 0.197 e. The average molecular weight is 317 g/mol. The third-order valence-corrected chi connectivity index (χ3v) is 5.86. The number of rotatable bonds is 3. The first-order chi connectivity index (χ1) is 9.74. The molecule has 3 rings (SSSR count). The fraction of sp³-hybridized carbons (Fsp3) is 0.714. The average Bonchev–Trinajstić information content (AvgIpc) is 2.87. The van der Waals surface area contributed by atoms with Crippen LogP contribution in [-0.4, -0.2) is 23.7 Å². The van der Waals surface area contributed by atoms with Crippen LogP contribution in [-0.2, 0) is 4.74 Å². The molecule has 112 valence electrons. The van der Waals surface area contributed by atoms with Gasteiger partial charge >= 0.3 is 0 Å². The molecular weight excluding hydrogens is 296 g/mol. The van der Waals surface area contributed by atoms with E-state index in [9.17, 15) is 0 Å². The Bertz CT molecular complexity index is 443. The van der Waals surface area contributed by atoms with Gasteiger partial charge < -0.3 is 9.15 Å². The van der Waals surface area contributed by atoms with Crippen LogP contribution in [0, 0.1) is 5.92 Å². The number of thioether (sulfide) groups is 1. The van der Waals surface area contributed by atoms with Crippen molar-refractivity contribution in [2.75, 3.05) is 18.1 Å². The molecule has 1 aromatic heterocycles. The van der Waals surface area contributed by atoms with Gasteiger partial charge in [0.15, 0.2) is 5.22 Å². The summed E-state index contributed by atoms with van der Waals surface area (Å²) in [5, 5.41) is 0.438. The quantitative estimate of drug-likeness (QED) is 0.662. The van der Waals surface area contributed by atoms with Crippen LogP contribution in [0.3, 0.4) is 0 Å². The number of nitrogens with one attached hydrogen (secondary N) is 1. The second kappa shape index (κ2) is 6.28. The summed E-state index contributed by atoms with van der Waals surface area (Å²) in [6.45, 7) is 0.809. The van der Waals surface area contributed by atoms with E-state index in [1.807, 2.05) is 17.8 Å². The van der Waals surface area contributed by atoms with Crippen LogP contribution in [0.1, 0.15) is 37.3 Å². The predicted molar refractivity (Wildman–Crippen MR) is 81.7 cm³/mol. The van der Waals surface area contributed by atoms with E-state index < -0.39 is 0 Å². The van der Waals surface area contributed by atoms with Gasteiger partial charge in [0.2, 0.25) is 0 Å². The van der Waals surface area contributed by atoms with Crippen molar-refractivity contribution >= 4 is 23.4 Å². The molecule has 1 aromatic rings. The fourth-order valence-corrected chi connectivity index (χ4v) is 4.92. The van der Waals surface area contributed by atoms with Crippen molar-refractivity contribution in [3.63, 3.8) is 0 Å². The van der Waals surface area contributed by atoms with E-state index in [0.717, 1.165) is 37.9 Å². The molecular formula is C14H21ClN2O2S. The summed E-state index contributed by atoms with van der Waals surface area (Å²) in [5.74, 6) is 8.61. The van der Waals surface area contributed by atoms with Crippen LogP contribution >= 0.6 is 23.4 Å². The largest absolute Gasteiger partial charge is 0.453 e. The maximum atomic E-state index is 6.14. The minimum Gasteiger partial charge on any atom is -0.453 e. The summed E-state index contributed by atoms with van der Waals surface area (Å²) in [6, 6.07) is 1.95. The Kier molecular flexibility index (Phi) is 4.62. The highest BCUT2D eigenvalue weighted by atomic mass is 35.5. The van der Waals surface area contributed by atoms with Crippen LogP contribution < -0.4 is 11.3 Å². The van der Waals surface area contributed by atoms with Gasteiger partial charge in [0.25, 0.3) is 0 Å². The maximum absolute atomic E-state index is 6.14. The second-order valence-corrected chi connectivity index (χ2v) is 7.26. The molecule has 0 aliphatic carbocycles. The van der Waals surface area contributed by atoms with Crippen LogP contribution in [0.4, 0.5) is 0 Å². The molecule has 0 bridgehead atoms. The van der Waals surface area contributed by atoms with Crippen molar-refractivity contribution in [1.82, 2.24) is 5.43 Å². The molecule has 2 fully saturated rings. The number of ether oxygens (including phenoxy) is 1. The molecule has 4 nitrogen and oxygen atoms in total. The van der Waals surface area contributed by atoms with Gasteiger partial charge in [0.1, 0.15) is 0 Å². The highest BCUT2D eigenvalue weighted by molar-refractivity contribution is 7.99. The van der Waals surface area contributed by atoms with Crippen LogP contribution in [0.2, 0.25) is 5.22 Å². The highest BCUT2D eigenvalue weighted by Crippen LogP contribution is 2.44. The van der Waals surface area contributed by atoms with Gasteiger partial charge in [-0.05, 0) is 60.8 Å². The lowest BCUT2D eigenvalue weighted by Crippen LogP contribution is -2.46. The van der Waals surface area contributed by atoms with Crippen LogP contribution in [0.5, 0.6) is 0 Å². The molecule has 0 aromatic carbocycles. The monoisotopic (exact) mass is 316 g/mol. The zero-order valence-electron chi connectivity index (χ0n) is 11.4. The molecule has 2 aliphatic heterocycles. The van der Waals surface area contributed by atoms with Crippen molar-refractivity contribution in [2.24, 2.45) is 11.8 Å². The molecule has 2 aliphatic rings. The molecule has 0 amide bonds. The number of nitrogens with two attached hydrogens (primary N) is 1. The number of hydrogen-bond donors (Lipinski definition) is 2. The SMILES string of the molecule is NNC(c1ccoc1Cl)C1CCOC2(CCSCC2)C1. The zero-order valence-corrected chi connectivity index (χ0v) is 13.0. The normalized spacial score (nSPS) is 27.6.